The molecule has 0 aliphatic rings. The topological polar surface area (TPSA) is 214 Å². The zero-order valence-electron chi connectivity index (χ0n) is 11.5. The maximum atomic E-state index is 11.4. The highest BCUT2D eigenvalue weighted by molar-refractivity contribution is 5.90. The van der Waals surface area contributed by atoms with Gasteiger partial charge in [0.05, 0.1) is 6.61 Å². The minimum atomic E-state index is -2.36. The molecule has 0 unspecified atom stereocenters. The van der Waals surface area contributed by atoms with Crippen molar-refractivity contribution in [2.24, 2.45) is 11.5 Å². The van der Waals surface area contributed by atoms with E-state index in [4.69, 9.17) is 21.7 Å². The number of nitrogens with two attached hydrogens (primary N) is 2. The molecule has 11 nitrogen and oxygen atoms in total. The molecule has 128 valence electrons. The van der Waals surface area contributed by atoms with Gasteiger partial charge in [0.15, 0.2) is 6.10 Å². The van der Waals surface area contributed by atoms with E-state index in [0.717, 1.165) is 0 Å². The molecule has 0 aromatic rings. The number of rotatable bonds is 9. The van der Waals surface area contributed by atoms with Crippen molar-refractivity contribution in [1.82, 2.24) is 0 Å². The van der Waals surface area contributed by atoms with Crippen LogP contribution >= 0.6 is 0 Å². The average molecular weight is 324 g/mol. The van der Waals surface area contributed by atoms with Gasteiger partial charge in [-0.25, -0.2) is 9.59 Å². The first-order chi connectivity index (χ1) is 10.1. The number of amides is 1. The molecular formula is C11H20N2O9. The van der Waals surface area contributed by atoms with Crippen LogP contribution in [0.25, 0.3) is 0 Å². The number of ether oxygens (including phenoxy) is 1. The summed E-state index contributed by atoms with van der Waals surface area (Å²) in [5.41, 5.74) is 10.2. The summed E-state index contributed by atoms with van der Waals surface area (Å²) in [5, 5.41) is 45.8. The van der Waals surface area contributed by atoms with Gasteiger partial charge in [-0.1, -0.05) is 0 Å². The second-order valence-electron chi connectivity index (χ2n) is 4.53. The molecule has 0 aromatic carbocycles. The second kappa shape index (κ2) is 9.40. The van der Waals surface area contributed by atoms with Gasteiger partial charge in [0.25, 0.3) is 0 Å². The Morgan fingerprint density at radius 1 is 1.00 bits per heavy atom. The highest BCUT2D eigenvalue weighted by atomic mass is 16.6. The fourth-order valence-corrected chi connectivity index (χ4v) is 1.31. The molecule has 0 aliphatic carbocycles. The molecule has 0 bridgehead atoms. The number of aliphatic hydroxyl groups excluding tert-OH is 5. The Bertz CT molecular complexity index is 403. The summed E-state index contributed by atoms with van der Waals surface area (Å²) < 4.78 is 4.17. The molecule has 11 heteroatoms. The third-order valence-electron chi connectivity index (χ3n) is 2.70. The number of carbonyl (C=O) groups is 3. The third-order valence-corrected chi connectivity index (χ3v) is 2.70. The molecule has 9 N–H and O–H groups in total. The van der Waals surface area contributed by atoms with E-state index in [0.29, 0.717) is 0 Å². The van der Waals surface area contributed by atoms with Crippen LogP contribution in [0.2, 0.25) is 0 Å². The summed E-state index contributed by atoms with van der Waals surface area (Å²) in [5.74, 6) is -3.60. The van der Waals surface area contributed by atoms with E-state index in [-0.39, 0.29) is 12.8 Å². The number of esters is 2. The van der Waals surface area contributed by atoms with E-state index in [2.05, 4.69) is 4.74 Å². The molecular weight excluding hydrogens is 304 g/mol. The number of primary amides is 1. The van der Waals surface area contributed by atoms with E-state index in [1.807, 2.05) is 0 Å². The highest BCUT2D eigenvalue weighted by Crippen LogP contribution is 2.07. The van der Waals surface area contributed by atoms with Gasteiger partial charge < -0.3 is 41.7 Å². The second-order valence-corrected chi connectivity index (χ2v) is 4.53. The number of carbonyl (C=O) groups excluding carboxylic acids is 3. The van der Waals surface area contributed by atoms with Crippen molar-refractivity contribution < 1.29 is 44.7 Å². The van der Waals surface area contributed by atoms with Crippen molar-refractivity contribution in [2.45, 2.75) is 43.3 Å². The van der Waals surface area contributed by atoms with Gasteiger partial charge in [0, 0.05) is 6.42 Å². The summed E-state index contributed by atoms with van der Waals surface area (Å²) in [4.78, 5) is 33.3. The van der Waals surface area contributed by atoms with Crippen LogP contribution in [0.3, 0.4) is 0 Å². The van der Waals surface area contributed by atoms with Gasteiger partial charge in [0.2, 0.25) is 5.91 Å². The van der Waals surface area contributed by atoms with Crippen LogP contribution in [0.4, 0.5) is 0 Å². The van der Waals surface area contributed by atoms with E-state index >= 15 is 0 Å². The Labute approximate surface area is 125 Å². The van der Waals surface area contributed by atoms with Crippen LogP contribution in [0.1, 0.15) is 12.8 Å². The SMILES string of the molecule is NC(=O)CC[C@H](N)C(=O)OC(=O)[C@H](O)[C@@H](O)[C@H](O)[C@H](O)CO. The van der Waals surface area contributed by atoms with Crippen LogP contribution in [0.5, 0.6) is 0 Å². The van der Waals surface area contributed by atoms with Crippen LogP contribution in [0, 0.1) is 0 Å². The van der Waals surface area contributed by atoms with Gasteiger partial charge in [-0.3, -0.25) is 4.79 Å². The Morgan fingerprint density at radius 3 is 2.00 bits per heavy atom. The smallest absolute Gasteiger partial charge is 0.345 e. The van der Waals surface area contributed by atoms with Gasteiger partial charge in [-0.15, -0.1) is 0 Å². The average Bonchev–Trinajstić information content (AvgIpc) is 2.48. The van der Waals surface area contributed by atoms with Crippen molar-refractivity contribution in [3.8, 4) is 0 Å². The van der Waals surface area contributed by atoms with Crippen LogP contribution in [-0.4, -0.2) is 80.4 Å². The summed E-state index contributed by atoms with van der Waals surface area (Å²) in [6.07, 6.45) is -8.84. The van der Waals surface area contributed by atoms with Crippen molar-refractivity contribution >= 4 is 17.8 Å². The van der Waals surface area contributed by atoms with Gasteiger partial charge in [0.1, 0.15) is 24.4 Å². The van der Waals surface area contributed by atoms with Crippen molar-refractivity contribution in [2.75, 3.05) is 6.61 Å². The Kier molecular flexibility index (Phi) is 8.70. The maximum absolute atomic E-state index is 11.4. The molecule has 0 heterocycles. The quantitative estimate of drug-likeness (QED) is 0.158. The Hall–Kier alpha value is -1.63. The molecule has 0 aliphatic heterocycles. The predicted octanol–water partition coefficient (Wildman–Crippen LogP) is -4.92. The first-order valence-corrected chi connectivity index (χ1v) is 6.24. The standard InChI is InChI=1S/C11H20N2O9/c12-4(1-2-6(13)16)10(20)22-11(21)9(19)8(18)7(17)5(15)3-14/h4-5,7-9,14-15,17-19H,1-3,12H2,(H2,13,16)/t4-,5+,7+,8-,9+/m0/s1. The first kappa shape index (κ1) is 20.4. The predicted molar refractivity (Wildman–Crippen MR) is 68.6 cm³/mol. The van der Waals surface area contributed by atoms with Crippen molar-refractivity contribution in [3.63, 3.8) is 0 Å². The van der Waals surface area contributed by atoms with E-state index in [9.17, 15) is 29.7 Å². The van der Waals surface area contributed by atoms with Gasteiger partial charge in [-0.05, 0) is 6.42 Å². The van der Waals surface area contributed by atoms with Crippen molar-refractivity contribution in [3.05, 3.63) is 0 Å². The fourth-order valence-electron chi connectivity index (χ4n) is 1.31. The minimum absolute atomic E-state index is 0.189. The Morgan fingerprint density at radius 2 is 1.55 bits per heavy atom. The summed E-state index contributed by atoms with van der Waals surface area (Å²) in [6, 6.07) is -1.35. The minimum Gasteiger partial charge on any atom is -0.394 e. The molecule has 0 saturated carbocycles. The zero-order chi connectivity index (χ0) is 17.4. The Balaban J connectivity index is 4.51. The van der Waals surface area contributed by atoms with E-state index < -0.39 is 54.9 Å². The van der Waals surface area contributed by atoms with Crippen LogP contribution < -0.4 is 11.5 Å². The molecule has 22 heavy (non-hydrogen) atoms. The molecule has 0 spiro atoms. The normalized spacial score (nSPS) is 17.9. The number of aliphatic hydroxyl groups is 5. The highest BCUT2D eigenvalue weighted by Gasteiger charge is 2.36. The third kappa shape index (κ3) is 6.43. The lowest BCUT2D eigenvalue weighted by molar-refractivity contribution is -0.177. The molecule has 1 amide bonds. The molecule has 0 rings (SSSR count). The maximum Gasteiger partial charge on any atom is 0.345 e. The molecule has 0 aromatic heterocycles. The van der Waals surface area contributed by atoms with Gasteiger partial charge in [-0.2, -0.15) is 0 Å². The lowest BCUT2D eigenvalue weighted by Crippen LogP contribution is -2.50. The fraction of sp³-hybridized carbons (Fsp3) is 0.727. The monoisotopic (exact) mass is 324 g/mol. The zero-order valence-corrected chi connectivity index (χ0v) is 11.5. The van der Waals surface area contributed by atoms with E-state index in [1.54, 1.807) is 0 Å². The summed E-state index contributed by atoms with van der Waals surface area (Å²) >= 11 is 0. The molecule has 0 saturated heterocycles. The number of hydrogen-bond acceptors (Lipinski definition) is 10. The van der Waals surface area contributed by atoms with Gasteiger partial charge >= 0.3 is 11.9 Å². The number of hydrogen-bond donors (Lipinski definition) is 7. The molecule has 0 fully saturated rings. The lowest BCUT2D eigenvalue weighted by atomic mass is 10.0. The molecule has 5 atom stereocenters. The largest absolute Gasteiger partial charge is 0.394 e. The summed E-state index contributed by atoms with van der Waals surface area (Å²) in [6.45, 7) is -0.934. The van der Waals surface area contributed by atoms with Crippen LogP contribution in [-0.2, 0) is 19.1 Å². The van der Waals surface area contributed by atoms with E-state index in [1.165, 1.54) is 0 Å². The lowest BCUT2D eigenvalue weighted by Gasteiger charge is -2.24. The molecule has 0 radical (unpaired) electrons. The summed E-state index contributed by atoms with van der Waals surface area (Å²) in [7, 11) is 0. The van der Waals surface area contributed by atoms with Crippen LogP contribution in [0.15, 0.2) is 0 Å². The van der Waals surface area contributed by atoms with Crippen molar-refractivity contribution in [1.29, 1.82) is 0 Å². The first-order valence-electron chi connectivity index (χ1n) is 6.24.